The van der Waals surface area contributed by atoms with Gasteiger partial charge >= 0.3 is 0 Å². The van der Waals surface area contributed by atoms with Crippen LogP contribution in [0.5, 0.6) is 0 Å². The lowest BCUT2D eigenvalue weighted by Crippen LogP contribution is -2.52. The quantitative estimate of drug-likeness (QED) is 0.849. The van der Waals surface area contributed by atoms with Gasteiger partial charge in [-0.15, -0.1) is 11.8 Å². The van der Waals surface area contributed by atoms with Gasteiger partial charge < -0.3 is 10.6 Å². The van der Waals surface area contributed by atoms with Crippen molar-refractivity contribution in [2.24, 2.45) is 11.7 Å². The van der Waals surface area contributed by atoms with E-state index in [-0.39, 0.29) is 17.7 Å². The van der Waals surface area contributed by atoms with Crippen molar-refractivity contribution in [2.75, 3.05) is 12.3 Å². The fourth-order valence-electron chi connectivity index (χ4n) is 2.58. The molecule has 114 valence electrons. The minimum Gasteiger partial charge on any atom is -0.368 e. The number of hydrogen-bond acceptors (Lipinski definition) is 3. The molecule has 2 atom stereocenters. The molecule has 1 heterocycles. The topological polar surface area (TPSA) is 63.4 Å². The first-order valence-electron chi connectivity index (χ1n) is 7.37. The molecule has 4 nitrogen and oxygen atoms in total. The van der Waals surface area contributed by atoms with Crippen LogP contribution in [-0.2, 0) is 9.59 Å². The monoisotopic (exact) mass is 306 g/mol. The Kier molecular flexibility index (Phi) is 5.67. The standard InChI is InChI=1S/C16H22N2O2S/c1-12(11-21-13-7-3-2-4-8-13)16(20)18-10-6-5-9-14(18)15(17)19/h2-4,7-8,12,14H,5-6,9-11H2,1H3,(H2,17,19)/t12-,14+/m1/s1. The Morgan fingerprint density at radius 3 is 2.71 bits per heavy atom. The molecule has 1 aromatic carbocycles. The maximum atomic E-state index is 12.5. The van der Waals surface area contributed by atoms with Gasteiger partial charge in [-0.1, -0.05) is 25.1 Å². The maximum Gasteiger partial charge on any atom is 0.240 e. The van der Waals surface area contributed by atoms with Crippen LogP contribution in [0.4, 0.5) is 0 Å². The number of hydrogen-bond donors (Lipinski definition) is 1. The summed E-state index contributed by atoms with van der Waals surface area (Å²) in [6, 6.07) is 9.61. The number of nitrogens with two attached hydrogens (primary N) is 1. The van der Waals surface area contributed by atoms with Gasteiger partial charge in [-0.25, -0.2) is 0 Å². The lowest BCUT2D eigenvalue weighted by atomic mass is 9.99. The zero-order chi connectivity index (χ0) is 15.2. The zero-order valence-electron chi connectivity index (χ0n) is 12.3. The van der Waals surface area contributed by atoms with E-state index in [1.807, 2.05) is 37.3 Å². The zero-order valence-corrected chi connectivity index (χ0v) is 13.1. The predicted octanol–water partition coefficient (Wildman–Crippen LogP) is 2.28. The van der Waals surface area contributed by atoms with Crippen LogP contribution < -0.4 is 5.73 Å². The Morgan fingerprint density at radius 2 is 2.05 bits per heavy atom. The summed E-state index contributed by atoms with van der Waals surface area (Å²) in [5.74, 6) is 0.258. The number of carbonyl (C=O) groups is 2. The summed E-state index contributed by atoms with van der Waals surface area (Å²) in [6.07, 6.45) is 2.61. The molecular weight excluding hydrogens is 284 g/mol. The smallest absolute Gasteiger partial charge is 0.240 e. The molecule has 0 aromatic heterocycles. The average molecular weight is 306 g/mol. The minimum absolute atomic E-state index is 0.0435. The Hall–Kier alpha value is -1.49. The van der Waals surface area contributed by atoms with E-state index in [9.17, 15) is 9.59 Å². The van der Waals surface area contributed by atoms with Crippen molar-refractivity contribution in [2.45, 2.75) is 37.1 Å². The van der Waals surface area contributed by atoms with Crippen molar-refractivity contribution in [3.05, 3.63) is 30.3 Å². The molecule has 1 aliphatic heterocycles. The highest BCUT2D eigenvalue weighted by Crippen LogP contribution is 2.24. The first-order chi connectivity index (χ1) is 10.1. The van der Waals surface area contributed by atoms with Gasteiger partial charge in [0.25, 0.3) is 0 Å². The Bertz CT molecular complexity index is 492. The second-order valence-electron chi connectivity index (χ2n) is 5.47. The molecule has 1 saturated heterocycles. The molecule has 2 amide bonds. The first kappa shape index (κ1) is 15.9. The molecule has 1 fully saturated rings. The molecular formula is C16H22N2O2S. The highest BCUT2D eigenvalue weighted by molar-refractivity contribution is 7.99. The van der Waals surface area contributed by atoms with E-state index in [2.05, 4.69) is 0 Å². The normalized spacial score (nSPS) is 20.0. The molecule has 2 N–H and O–H groups in total. The molecule has 5 heteroatoms. The number of carbonyl (C=O) groups excluding carboxylic acids is 2. The Balaban J connectivity index is 1.93. The molecule has 2 rings (SSSR count). The summed E-state index contributed by atoms with van der Waals surface area (Å²) in [5.41, 5.74) is 5.42. The van der Waals surface area contributed by atoms with Crippen LogP contribution in [0.25, 0.3) is 0 Å². The number of piperidine rings is 1. The van der Waals surface area contributed by atoms with E-state index < -0.39 is 6.04 Å². The lowest BCUT2D eigenvalue weighted by molar-refractivity contribution is -0.143. The van der Waals surface area contributed by atoms with Crippen molar-refractivity contribution in [1.29, 1.82) is 0 Å². The average Bonchev–Trinajstić information content (AvgIpc) is 2.52. The third kappa shape index (κ3) is 4.24. The number of primary amides is 1. The van der Waals surface area contributed by atoms with Gasteiger partial charge in [-0.05, 0) is 31.4 Å². The third-order valence-corrected chi connectivity index (χ3v) is 5.05. The molecule has 0 spiro atoms. The van der Waals surface area contributed by atoms with Crippen LogP contribution >= 0.6 is 11.8 Å². The highest BCUT2D eigenvalue weighted by atomic mass is 32.2. The second kappa shape index (κ2) is 7.50. The van der Waals surface area contributed by atoms with Gasteiger partial charge in [0.1, 0.15) is 6.04 Å². The molecule has 0 bridgehead atoms. The van der Waals surface area contributed by atoms with Gasteiger partial charge in [-0.3, -0.25) is 9.59 Å². The molecule has 0 unspecified atom stereocenters. The molecule has 0 aliphatic carbocycles. The highest BCUT2D eigenvalue weighted by Gasteiger charge is 2.32. The molecule has 0 radical (unpaired) electrons. The van der Waals surface area contributed by atoms with Crippen molar-refractivity contribution < 1.29 is 9.59 Å². The summed E-state index contributed by atoms with van der Waals surface area (Å²) in [7, 11) is 0. The van der Waals surface area contributed by atoms with E-state index in [1.54, 1.807) is 16.7 Å². The number of amides is 2. The summed E-state index contributed by atoms with van der Waals surface area (Å²) in [4.78, 5) is 26.9. The summed E-state index contributed by atoms with van der Waals surface area (Å²) in [5, 5.41) is 0. The van der Waals surface area contributed by atoms with Crippen LogP contribution in [-0.4, -0.2) is 35.1 Å². The van der Waals surface area contributed by atoms with Gasteiger partial charge in [0.15, 0.2) is 0 Å². The molecule has 0 saturated carbocycles. The van der Waals surface area contributed by atoms with Crippen LogP contribution in [0.15, 0.2) is 35.2 Å². The van der Waals surface area contributed by atoms with E-state index in [4.69, 9.17) is 5.73 Å². The van der Waals surface area contributed by atoms with Crippen LogP contribution in [0.1, 0.15) is 26.2 Å². The SMILES string of the molecule is C[C@H](CSc1ccccc1)C(=O)N1CCCC[C@H]1C(N)=O. The molecule has 1 aliphatic rings. The summed E-state index contributed by atoms with van der Waals surface area (Å²) >= 11 is 1.67. The molecule has 21 heavy (non-hydrogen) atoms. The number of nitrogens with zero attached hydrogens (tertiary/aromatic N) is 1. The van der Waals surface area contributed by atoms with Gasteiger partial charge in [0, 0.05) is 23.1 Å². The van der Waals surface area contributed by atoms with Crippen LogP contribution in [0, 0.1) is 5.92 Å². The Labute approximate surface area is 130 Å². The van der Waals surface area contributed by atoms with E-state index >= 15 is 0 Å². The third-order valence-electron chi connectivity index (χ3n) is 3.78. The first-order valence-corrected chi connectivity index (χ1v) is 8.36. The number of likely N-dealkylation sites (tertiary alicyclic amines) is 1. The maximum absolute atomic E-state index is 12.5. The molecule has 1 aromatic rings. The van der Waals surface area contributed by atoms with Crippen molar-refractivity contribution in [3.8, 4) is 0 Å². The van der Waals surface area contributed by atoms with E-state index in [0.717, 1.165) is 17.7 Å². The van der Waals surface area contributed by atoms with Gasteiger partial charge in [0.05, 0.1) is 0 Å². The van der Waals surface area contributed by atoms with Crippen LogP contribution in [0.2, 0.25) is 0 Å². The van der Waals surface area contributed by atoms with Crippen molar-refractivity contribution >= 4 is 23.6 Å². The number of benzene rings is 1. The van der Waals surface area contributed by atoms with E-state index in [1.165, 1.54) is 0 Å². The summed E-state index contributed by atoms with van der Waals surface area (Å²) < 4.78 is 0. The van der Waals surface area contributed by atoms with Gasteiger partial charge in [0.2, 0.25) is 11.8 Å². The van der Waals surface area contributed by atoms with Crippen LogP contribution in [0.3, 0.4) is 0 Å². The van der Waals surface area contributed by atoms with Crippen molar-refractivity contribution in [1.82, 2.24) is 4.90 Å². The summed E-state index contributed by atoms with van der Waals surface area (Å²) in [6.45, 7) is 2.57. The lowest BCUT2D eigenvalue weighted by Gasteiger charge is -2.35. The predicted molar refractivity (Wildman–Crippen MR) is 84.9 cm³/mol. The van der Waals surface area contributed by atoms with E-state index in [0.29, 0.717) is 18.7 Å². The fraction of sp³-hybridized carbons (Fsp3) is 0.500. The number of rotatable bonds is 5. The largest absolute Gasteiger partial charge is 0.368 e. The van der Waals surface area contributed by atoms with Crippen molar-refractivity contribution in [3.63, 3.8) is 0 Å². The van der Waals surface area contributed by atoms with Gasteiger partial charge in [-0.2, -0.15) is 0 Å². The second-order valence-corrected chi connectivity index (χ2v) is 6.56. The Morgan fingerprint density at radius 1 is 1.33 bits per heavy atom. The minimum atomic E-state index is -0.421. The number of thioether (sulfide) groups is 1. The fourth-order valence-corrected chi connectivity index (χ4v) is 3.52.